The molecular formula is C15H21NO3. The average molecular weight is 263 g/mol. The van der Waals surface area contributed by atoms with Crippen molar-refractivity contribution in [1.82, 2.24) is 0 Å². The molecule has 0 bridgehead atoms. The summed E-state index contributed by atoms with van der Waals surface area (Å²) in [4.78, 5) is 25.5. The Labute approximate surface area is 114 Å². The number of esters is 1. The SMILES string of the molecule is CCOC(=O)C(=O)c1ccc(N(CC)CC)cc1C. The van der Waals surface area contributed by atoms with Crippen molar-refractivity contribution in [2.45, 2.75) is 27.7 Å². The fraction of sp³-hybridized carbons (Fsp3) is 0.467. The van der Waals surface area contributed by atoms with Crippen molar-refractivity contribution in [2.75, 3.05) is 24.6 Å². The van der Waals surface area contributed by atoms with E-state index in [1.54, 1.807) is 13.0 Å². The number of aryl methyl sites for hydroxylation is 1. The molecule has 0 radical (unpaired) electrons. The number of anilines is 1. The molecule has 0 atom stereocenters. The van der Waals surface area contributed by atoms with Gasteiger partial charge >= 0.3 is 5.97 Å². The van der Waals surface area contributed by atoms with Crippen LogP contribution in [-0.2, 0) is 9.53 Å². The summed E-state index contributed by atoms with van der Waals surface area (Å²) in [5.41, 5.74) is 2.26. The normalized spacial score (nSPS) is 10.1. The first kappa shape index (κ1) is 15.2. The Morgan fingerprint density at radius 2 is 1.79 bits per heavy atom. The Bertz CT molecular complexity index is 464. The van der Waals surface area contributed by atoms with Crippen LogP contribution < -0.4 is 4.90 Å². The molecule has 0 saturated carbocycles. The quantitative estimate of drug-likeness (QED) is 0.449. The van der Waals surface area contributed by atoms with Gasteiger partial charge in [0.25, 0.3) is 5.78 Å². The molecule has 1 aromatic carbocycles. The molecule has 0 unspecified atom stereocenters. The van der Waals surface area contributed by atoms with Crippen LogP contribution in [0.5, 0.6) is 0 Å². The topological polar surface area (TPSA) is 46.6 Å². The zero-order chi connectivity index (χ0) is 14.4. The van der Waals surface area contributed by atoms with Crippen LogP contribution in [0, 0.1) is 6.92 Å². The molecule has 0 aliphatic rings. The molecule has 0 amide bonds. The first-order chi connectivity index (χ1) is 9.04. The Morgan fingerprint density at radius 1 is 1.16 bits per heavy atom. The maximum absolute atomic E-state index is 11.9. The van der Waals surface area contributed by atoms with E-state index in [0.29, 0.717) is 5.56 Å². The largest absolute Gasteiger partial charge is 0.460 e. The molecule has 0 heterocycles. The van der Waals surface area contributed by atoms with Gasteiger partial charge in [-0.3, -0.25) is 4.79 Å². The third kappa shape index (κ3) is 3.56. The van der Waals surface area contributed by atoms with Crippen molar-refractivity contribution < 1.29 is 14.3 Å². The van der Waals surface area contributed by atoms with Crippen molar-refractivity contribution in [3.63, 3.8) is 0 Å². The van der Waals surface area contributed by atoms with Crippen LogP contribution in [0.15, 0.2) is 18.2 Å². The first-order valence-corrected chi connectivity index (χ1v) is 6.62. The van der Waals surface area contributed by atoms with Crippen LogP contribution in [0.25, 0.3) is 0 Å². The van der Waals surface area contributed by atoms with Crippen molar-refractivity contribution in [3.8, 4) is 0 Å². The minimum absolute atomic E-state index is 0.209. The van der Waals surface area contributed by atoms with Gasteiger partial charge in [0.05, 0.1) is 6.61 Å². The Kier molecular flexibility index (Phi) is 5.55. The van der Waals surface area contributed by atoms with Gasteiger partial charge in [0.15, 0.2) is 0 Å². The summed E-state index contributed by atoms with van der Waals surface area (Å²) in [5.74, 6) is -1.37. The molecule has 4 nitrogen and oxygen atoms in total. The molecule has 0 N–H and O–H groups in total. The number of carbonyl (C=O) groups excluding carboxylic acids is 2. The number of hydrogen-bond donors (Lipinski definition) is 0. The predicted molar refractivity (Wildman–Crippen MR) is 75.7 cm³/mol. The van der Waals surface area contributed by atoms with Gasteiger partial charge in [-0.1, -0.05) is 0 Å². The molecule has 0 fully saturated rings. The fourth-order valence-electron chi connectivity index (χ4n) is 1.99. The van der Waals surface area contributed by atoms with Gasteiger partial charge in [0.1, 0.15) is 0 Å². The number of rotatable bonds is 6. The van der Waals surface area contributed by atoms with Gasteiger partial charge in [0, 0.05) is 24.3 Å². The zero-order valence-corrected chi connectivity index (χ0v) is 12.0. The standard InChI is InChI=1S/C15H21NO3/c1-5-16(6-2)12-8-9-13(11(4)10-12)14(17)15(18)19-7-3/h8-10H,5-7H2,1-4H3. The second kappa shape index (κ2) is 6.92. The minimum Gasteiger partial charge on any atom is -0.460 e. The molecular weight excluding hydrogens is 242 g/mol. The van der Waals surface area contributed by atoms with Crippen molar-refractivity contribution in [1.29, 1.82) is 0 Å². The van der Waals surface area contributed by atoms with Crippen LogP contribution in [0.3, 0.4) is 0 Å². The number of benzene rings is 1. The summed E-state index contributed by atoms with van der Waals surface area (Å²) >= 11 is 0. The number of ether oxygens (including phenoxy) is 1. The Hall–Kier alpha value is -1.84. The first-order valence-electron chi connectivity index (χ1n) is 6.62. The van der Waals surface area contributed by atoms with Gasteiger partial charge in [-0.05, 0) is 51.5 Å². The average Bonchev–Trinajstić information content (AvgIpc) is 2.40. The lowest BCUT2D eigenvalue weighted by Crippen LogP contribution is -2.23. The van der Waals surface area contributed by atoms with Crippen molar-refractivity contribution >= 4 is 17.4 Å². The summed E-state index contributed by atoms with van der Waals surface area (Å²) in [6, 6.07) is 5.49. The molecule has 19 heavy (non-hydrogen) atoms. The van der Waals surface area contributed by atoms with Gasteiger partial charge in [0.2, 0.25) is 0 Å². The van der Waals surface area contributed by atoms with Gasteiger partial charge in [-0.2, -0.15) is 0 Å². The highest BCUT2D eigenvalue weighted by Crippen LogP contribution is 2.19. The molecule has 1 rings (SSSR count). The van der Waals surface area contributed by atoms with Crippen molar-refractivity contribution in [2.24, 2.45) is 0 Å². The molecule has 1 aromatic rings. The summed E-state index contributed by atoms with van der Waals surface area (Å²) in [5, 5.41) is 0. The van der Waals surface area contributed by atoms with Gasteiger partial charge in [-0.15, -0.1) is 0 Å². The summed E-state index contributed by atoms with van der Waals surface area (Å²) in [6.07, 6.45) is 0. The lowest BCUT2D eigenvalue weighted by Gasteiger charge is -2.21. The third-order valence-corrected chi connectivity index (χ3v) is 3.04. The van der Waals surface area contributed by atoms with E-state index in [-0.39, 0.29) is 6.61 Å². The highest BCUT2D eigenvalue weighted by Gasteiger charge is 2.19. The smallest absolute Gasteiger partial charge is 0.379 e. The van der Waals surface area contributed by atoms with E-state index in [2.05, 4.69) is 18.7 Å². The zero-order valence-electron chi connectivity index (χ0n) is 12.0. The monoisotopic (exact) mass is 263 g/mol. The van der Waals surface area contributed by atoms with Crippen LogP contribution in [-0.4, -0.2) is 31.4 Å². The van der Waals surface area contributed by atoms with Gasteiger partial charge in [-0.25, -0.2) is 4.79 Å². The molecule has 0 aromatic heterocycles. The van der Waals surface area contributed by atoms with Crippen LogP contribution >= 0.6 is 0 Å². The van der Waals surface area contributed by atoms with E-state index < -0.39 is 11.8 Å². The molecule has 0 spiro atoms. The van der Waals surface area contributed by atoms with Gasteiger partial charge < -0.3 is 9.64 Å². The molecule has 0 saturated heterocycles. The van der Waals surface area contributed by atoms with E-state index in [9.17, 15) is 9.59 Å². The summed E-state index contributed by atoms with van der Waals surface area (Å²) < 4.78 is 4.73. The summed E-state index contributed by atoms with van der Waals surface area (Å²) in [6.45, 7) is 9.69. The number of nitrogens with zero attached hydrogens (tertiary/aromatic N) is 1. The predicted octanol–water partition coefficient (Wildman–Crippen LogP) is 2.59. The molecule has 0 aliphatic heterocycles. The van der Waals surface area contributed by atoms with E-state index >= 15 is 0 Å². The number of ketones is 1. The highest BCUT2D eigenvalue weighted by molar-refractivity contribution is 6.41. The van der Waals surface area contributed by atoms with E-state index in [1.165, 1.54) is 0 Å². The maximum atomic E-state index is 11.9. The van der Waals surface area contributed by atoms with E-state index in [4.69, 9.17) is 4.74 Å². The van der Waals surface area contributed by atoms with E-state index in [0.717, 1.165) is 24.3 Å². The number of carbonyl (C=O) groups is 2. The molecule has 104 valence electrons. The Balaban J connectivity index is 3.00. The minimum atomic E-state index is -0.791. The Morgan fingerprint density at radius 3 is 2.26 bits per heavy atom. The highest BCUT2D eigenvalue weighted by atomic mass is 16.5. The maximum Gasteiger partial charge on any atom is 0.379 e. The summed E-state index contributed by atoms with van der Waals surface area (Å²) in [7, 11) is 0. The third-order valence-electron chi connectivity index (χ3n) is 3.04. The second-order valence-corrected chi connectivity index (χ2v) is 4.22. The van der Waals surface area contributed by atoms with Crippen molar-refractivity contribution in [3.05, 3.63) is 29.3 Å². The molecule has 0 aliphatic carbocycles. The van der Waals surface area contributed by atoms with Crippen LogP contribution in [0.1, 0.15) is 36.7 Å². The lowest BCUT2D eigenvalue weighted by atomic mass is 10.0. The van der Waals surface area contributed by atoms with Crippen LogP contribution in [0.2, 0.25) is 0 Å². The van der Waals surface area contributed by atoms with Crippen LogP contribution in [0.4, 0.5) is 5.69 Å². The number of Topliss-reactive ketones (excluding diaryl/α,β-unsaturated/α-hetero) is 1. The van der Waals surface area contributed by atoms with E-state index in [1.807, 2.05) is 19.1 Å². The second-order valence-electron chi connectivity index (χ2n) is 4.22. The number of hydrogen-bond acceptors (Lipinski definition) is 4. The lowest BCUT2D eigenvalue weighted by molar-refractivity contribution is -0.137. The fourth-order valence-corrected chi connectivity index (χ4v) is 1.99. The molecule has 4 heteroatoms.